The molecule has 0 saturated carbocycles. The predicted octanol–water partition coefficient (Wildman–Crippen LogP) is 3.96. The molecule has 106 valence electrons. The number of ether oxygens (including phenoxy) is 1. The fourth-order valence-corrected chi connectivity index (χ4v) is 2.15. The van der Waals surface area contributed by atoms with Crippen LogP contribution in [0.25, 0.3) is 0 Å². The summed E-state index contributed by atoms with van der Waals surface area (Å²) >= 11 is 0. The molecule has 3 nitrogen and oxygen atoms in total. The monoisotopic (exact) mass is 274 g/mol. The van der Waals surface area contributed by atoms with Crippen molar-refractivity contribution in [1.29, 1.82) is 0 Å². The van der Waals surface area contributed by atoms with Crippen molar-refractivity contribution in [3.63, 3.8) is 0 Å². The summed E-state index contributed by atoms with van der Waals surface area (Å²) in [6.45, 7) is 5.31. The molecule has 4 heteroatoms. The molecule has 0 aliphatic rings. The second-order valence-corrected chi connectivity index (χ2v) is 4.41. The van der Waals surface area contributed by atoms with E-state index < -0.39 is 0 Å². The predicted molar refractivity (Wildman–Crippen MR) is 81.1 cm³/mol. The molecular weight excluding hydrogens is 255 g/mol. The molecule has 0 fully saturated rings. The summed E-state index contributed by atoms with van der Waals surface area (Å²) in [6, 6.07) is 12.0. The van der Waals surface area contributed by atoms with Gasteiger partial charge in [-0.3, -0.25) is 0 Å². The Hall–Kier alpha value is -2.23. The third-order valence-corrected chi connectivity index (χ3v) is 2.99. The van der Waals surface area contributed by atoms with E-state index in [1.165, 1.54) is 12.1 Å². The van der Waals surface area contributed by atoms with Crippen LogP contribution in [0.3, 0.4) is 0 Å². The summed E-state index contributed by atoms with van der Waals surface area (Å²) < 4.78 is 18.5. The van der Waals surface area contributed by atoms with Crippen molar-refractivity contribution in [2.75, 3.05) is 23.8 Å². The Bertz CT molecular complexity index is 569. The van der Waals surface area contributed by atoms with E-state index in [2.05, 4.69) is 4.90 Å². The topological polar surface area (TPSA) is 38.5 Å². The molecule has 0 aromatic heterocycles. The summed E-state index contributed by atoms with van der Waals surface area (Å²) in [5, 5.41) is 0. The normalized spacial score (nSPS) is 10.3. The average molecular weight is 274 g/mol. The zero-order chi connectivity index (χ0) is 14.5. The van der Waals surface area contributed by atoms with E-state index in [-0.39, 0.29) is 5.82 Å². The van der Waals surface area contributed by atoms with Gasteiger partial charge in [0.1, 0.15) is 11.6 Å². The highest BCUT2D eigenvalue weighted by Gasteiger charge is 2.09. The number of nitrogens with zero attached hydrogens (tertiary/aromatic N) is 1. The molecule has 0 aliphatic heterocycles. The van der Waals surface area contributed by atoms with Gasteiger partial charge in [-0.25, -0.2) is 4.39 Å². The largest absolute Gasteiger partial charge is 0.494 e. The van der Waals surface area contributed by atoms with Crippen LogP contribution in [0.15, 0.2) is 42.5 Å². The van der Waals surface area contributed by atoms with Crippen molar-refractivity contribution in [2.24, 2.45) is 0 Å². The first-order chi connectivity index (χ1) is 9.63. The highest BCUT2D eigenvalue weighted by atomic mass is 19.1. The Kier molecular flexibility index (Phi) is 4.45. The lowest BCUT2D eigenvalue weighted by molar-refractivity contribution is 0.340. The minimum absolute atomic E-state index is 0.243. The van der Waals surface area contributed by atoms with Gasteiger partial charge >= 0.3 is 0 Å². The van der Waals surface area contributed by atoms with Crippen LogP contribution in [0.2, 0.25) is 0 Å². The fraction of sp³-hybridized carbons (Fsp3) is 0.250. The van der Waals surface area contributed by atoms with Gasteiger partial charge < -0.3 is 15.4 Å². The van der Waals surface area contributed by atoms with Crippen LogP contribution in [-0.4, -0.2) is 13.2 Å². The van der Waals surface area contributed by atoms with E-state index in [0.29, 0.717) is 12.3 Å². The minimum atomic E-state index is -0.243. The zero-order valence-corrected chi connectivity index (χ0v) is 11.8. The maximum absolute atomic E-state index is 13.0. The number of halogens is 1. The van der Waals surface area contributed by atoms with Gasteiger partial charge in [-0.15, -0.1) is 0 Å². The SMILES string of the molecule is CCOc1cc(N)cc(N(CC)c2ccc(F)cc2)c1. The molecule has 0 heterocycles. The lowest BCUT2D eigenvalue weighted by Gasteiger charge is -2.24. The number of hydrogen-bond donors (Lipinski definition) is 1. The lowest BCUT2D eigenvalue weighted by Crippen LogP contribution is -2.16. The molecule has 20 heavy (non-hydrogen) atoms. The number of nitrogens with two attached hydrogens (primary N) is 1. The third kappa shape index (κ3) is 3.20. The Morgan fingerprint density at radius 2 is 1.75 bits per heavy atom. The van der Waals surface area contributed by atoms with E-state index in [1.54, 1.807) is 18.2 Å². The van der Waals surface area contributed by atoms with Crippen LogP contribution in [0.4, 0.5) is 21.5 Å². The number of rotatable bonds is 5. The van der Waals surface area contributed by atoms with Gasteiger partial charge in [0.05, 0.1) is 6.61 Å². The molecule has 2 aromatic carbocycles. The van der Waals surface area contributed by atoms with Gasteiger partial charge in [-0.2, -0.15) is 0 Å². The van der Waals surface area contributed by atoms with Gasteiger partial charge in [0.15, 0.2) is 0 Å². The van der Waals surface area contributed by atoms with E-state index in [9.17, 15) is 4.39 Å². The summed E-state index contributed by atoms with van der Waals surface area (Å²) in [6.07, 6.45) is 0. The van der Waals surface area contributed by atoms with E-state index >= 15 is 0 Å². The van der Waals surface area contributed by atoms with Crippen LogP contribution >= 0.6 is 0 Å². The van der Waals surface area contributed by atoms with Gasteiger partial charge in [-0.05, 0) is 44.2 Å². The quantitative estimate of drug-likeness (QED) is 0.839. The van der Waals surface area contributed by atoms with Gasteiger partial charge in [-0.1, -0.05) is 0 Å². The molecule has 0 radical (unpaired) electrons. The van der Waals surface area contributed by atoms with Gasteiger partial charge in [0, 0.05) is 35.7 Å². The summed E-state index contributed by atoms with van der Waals surface area (Å²) in [5.41, 5.74) is 8.41. The number of nitrogen functional groups attached to an aromatic ring is 1. The molecule has 2 N–H and O–H groups in total. The highest BCUT2D eigenvalue weighted by molar-refractivity contribution is 5.68. The maximum Gasteiger partial charge on any atom is 0.123 e. The summed E-state index contributed by atoms with van der Waals surface area (Å²) in [7, 11) is 0. The number of hydrogen-bond acceptors (Lipinski definition) is 3. The fourth-order valence-electron chi connectivity index (χ4n) is 2.15. The first-order valence-corrected chi connectivity index (χ1v) is 6.70. The molecule has 0 unspecified atom stereocenters. The molecule has 0 atom stereocenters. The first kappa shape index (κ1) is 14.2. The molecule has 0 amide bonds. The Labute approximate surface area is 118 Å². The molecule has 0 spiro atoms. The molecule has 2 rings (SSSR count). The molecule has 0 bridgehead atoms. The highest BCUT2D eigenvalue weighted by Crippen LogP contribution is 2.30. The van der Waals surface area contributed by atoms with Crippen molar-refractivity contribution >= 4 is 17.1 Å². The van der Waals surface area contributed by atoms with Crippen LogP contribution < -0.4 is 15.4 Å². The van der Waals surface area contributed by atoms with Crippen LogP contribution in [0.5, 0.6) is 5.75 Å². The molecular formula is C16H19FN2O. The van der Waals surface area contributed by atoms with Crippen molar-refractivity contribution in [3.8, 4) is 5.75 Å². The van der Waals surface area contributed by atoms with Gasteiger partial charge in [0.25, 0.3) is 0 Å². The lowest BCUT2D eigenvalue weighted by atomic mass is 10.2. The smallest absolute Gasteiger partial charge is 0.123 e. The summed E-state index contributed by atoms with van der Waals surface area (Å²) in [5.74, 6) is 0.496. The Balaban J connectivity index is 2.38. The first-order valence-electron chi connectivity index (χ1n) is 6.70. The molecule has 0 aliphatic carbocycles. The second kappa shape index (κ2) is 6.28. The van der Waals surface area contributed by atoms with Crippen LogP contribution in [0, 0.1) is 5.82 Å². The average Bonchev–Trinajstić information content (AvgIpc) is 2.41. The summed E-state index contributed by atoms with van der Waals surface area (Å²) in [4.78, 5) is 2.05. The number of benzene rings is 2. The van der Waals surface area contributed by atoms with Crippen molar-refractivity contribution in [1.82, 2.24) is 0 Å². The maximum atomic E-state index is 13.0. The van der Waals surface area contributed by atoms with Crippen molar-refractivity contribution in [3.05, 3.63) is 48.3 Å². The molecule has 2 aromatic rings. The van der Waals surface area contributed by atoms with Crippen LogP contribution in [0.1, 0.15) is 13.8 Å². The van der Waals surface area contributed by atoms with Crippen molar-refractivity contribution in [2.45, 2.75) is 13.8 Å². The van der Waals surface area contributed by atoms with Crippen LogP contribution in [-0.2, 0) is 0 Å². The van der Waals surface area contributed by atoms with E-state index in [1.807, 2.05) is 26.0 Å². The van der Waals surface area contributed by atoms with Crippen molar-refractivity contribution < 1.29 is 9.13 Å². The minimum Gasteiger partial charge on any atom is -0.494 e. The Morgan fingerprint density at radius 3 is 2.35 bits per heavy atom. The second-order valence-electron chi connectivity index (χ2n) is 4.41. The Morgan fingerprint density at radius 1 is 1.05 bits per heavy atom. The standard InChI is InChI=1S/C16H19FN2O/c1-3-19(14-7-5-12(17)6-8-14)15-9-13(18)10-16(11-15)20-4-2/h5-11H,3-4,18H2,1-2H3. The van der Waals surface area contributed by atoms with Gasteiger partial charge in [0.2, 0.25) is 0 Å². The van der Waals surface area contributed by atoms with E-state index in [0.717, 1.165) is 23.7 Å². The van der Waals surface area contributed by atoms with E-state index in [4.69, 9.17) is 10.5 Å². The zero-order valence-electron chi connectivity index (χ0n) is 11.8. The number of anilines is 3. The third-order valence-electron chi connectivity index (χ3n) is 2.99. The molecule has 0 saturated heterocycles.